The second-order valence-electron chi connectivity index (χ2n) is 7.27. The van der Waals surface area contributed by atoms with Crippen molar-refractivity contribution in [2.75, 3.05) is 38.3 Å². The molecule has 2 aromatic carbocycles. The summed E-state index contributed by atoms with van der Waals surface area (Å²) in [6.07, 6.45) is -3.96. The van der Waals surface area contributed by atoms with E-state index in [1.807, 2.05) is 0 Å². The molecule has 0 fully saturated rings. The van der Waals surface area contributed by atoms with Crippen LogP contribution in [0.5, 0.6) is 0 Å². The Labute approximate surface area is 199 Å². The fraction of sp³-hybridized carbons (Fsp3) is 0.261. The van der Waals surface area contributed by atoms with Crippen LogP contribution in [0.3, 0.4) is 0 Å². The third-order valence-electron chi connectivity index (χ3n) is 4.78. The Morgan fingerprint density at radius 2 is 1.85 bits per heavy atom. The van der Waals surface area contributed by atoms with Gasteiger partial charge in [-0.1, -0.05) is 23.7 Å². The van der Waals surface area contributed by atoms with E-state index >= 15 is 0 Å². The number of anilines is 2. The molecule has 3 rings (SSSR count). The minimum atomic E-state index is -4.52. The van der Waals surface area contributed by atoms with Gasteiger partial charge in [-0.15, -0.1) is 0 Å². The van der Waals surface area contributed by atoms with Gasteiger partial charge in [0.05, 0.1) is 23.6 Å². The van der Waals surface area contributed by atoms with Crippen molar-refractivity contribution in [3.8, 4) is 11.3 Å². The van der Waals surface area contributed by atoms with Gasteiger partial charge in [-0.05, 0) is 49.5 Å². The molecule has 0 saturated carbocycles. The van der Waals surface area contributed by atoms with Crippen molar-refractivity contribution in [2.24, 2.45) is 0 Å². The van der Waals surface area contributed by atoms with Gasteiger partial charge in [-0.25, -0.2) is 19.7 Å². The number of hydrogen-bond donors (Lipinski definition) is 1. The van der Waals surface area contributed by atoms with Gasteiger partial charge in [-0.3, -0.25) is 0 Å². The number of likely N-dealkylation sites (N-methyl/N-ethyl adjacent to an activating group) is 1. The second-order valence-corrected chi connectivity index (χ2v) is 7.71. The molecule has 7 nitrogen and oxygen atoms in total. The Balaban J connectivity index is 1.93. The minimum absolute atomic E-state index is 0.0134. The van der Waals surface area contributed by atoms with E-state index in [1.54, 1.807) is 42.3 Å². The van der Waals surface area contributed by atoms with Gasteiger partial charge in [0, 0.05) is 29.9 Å². The van der Waals surface area contributed by atoms with Crippen LogP contribution in [0.2, 0.25) is 5.02 Å². The lowest BCUT2D eigenvalue weighted by Crippen LogP contribution is -2.32. The van der Waals surface area contributed by atoms with Gasteiger partial charge in [0.15, 0.2) is 0 Å². The van der Waals surface area contributed by atoms with Gasteiger partial charge in [0.2, 0.25) is 5.95 Å². The number of aliphatic hydroxyl groups excluding tert-OH is 1. The molecule has 3 aromatic rings. The second kappa shape index (κ2) is 11.3. The van der Waals surface area contributed by atoms with E-state index in [0.717, 1.165) is 29.2 Å². The SMILES string of the molecule is CN(CCO)CCOC(=O)N(c1ccc(C(F)(F)F)cc1)c1nccc(-c2cccc(Cl)c2)n1. The molecule has 11 heteroatoms. The molecule has 0 aliphatic heterocycles. The number of aliphatic hydroxyl groups is 1. The first-order valence-corrected chi connectivity index (χ1v) is 10.6. The van der Waals surface area contributed by atoms with E-state index in [4.69, 9.17) is 21.4 Å². The summed E-state index contributed by atoms with van der Waals surface area (Å²) in [4.78, 5) is 24.3. The first-order chi connectivity index (χ1) is 16.2. The number of hydrogen-bond acceptors (Lipinski definition) is 6. The lowest BCUT2D eigenvalue weighted by molar-refractivity contribution is -0.137. The molecule has 1 heterocycles. The van der Waals surface area contributed by atoms with Gasteiger partial charge >= 0.3 is 12.3 Å². The predicted molar refractivity (Wildman–Crippen MR) is 122 cm³/mol. The largest absolute Gasteiger partial charge is 0.447 e. The van der Waals surface area contributed by atoms with E-state index in [1.165, 1.54) is 6.20 Å². The number of aromatic nitrogens is 2. The van der Waals surface area contributed by atoms with Crippen LogP contribution in [0.4, 0.5) is 29.6 Å². The molecule has 34 heavy (non-hydrogen) atoms. The van der Waals surface area contributed by atoms with E-state index in [-0.39, 0.29) is 24.8 Å². The zero-order valence-electron chi connectivity index (χ0n) is 18.2. The molecule has 0 spiro atoms. The fourth-order valence-corrected chi connectivity index (χ4v) is 3.19. The van der Waals surface area contributed by atoms with Crippen LogP contribution in [0, 0.1) is 0 Å². The standard InChI is InChI=1S/C23H22ClF3N4O3/c1-30(11-13-32)12-14-34-22(33)31(19-7-5-17(6-8-19)23(25,26)27)21-28-10-9-20(29-21)16-3-2-4-18(24)15-16/h2-10,15,32H,11-14H2,1H3. The number of carbonyl (C=O) groups is 1. The highest BCUT2D eigenvalue weighted by molar-refractivity contribution is 6.30. The molecule has 0 radical (unpaired) electrons. The number of nitrogens with zero attached hydrogens (tertiary/aromatic N) is 4. The number of halogens is 4. The number of rotatable bonds is 8. The van der Waals surface area contributed by atoms with E-state index in [9.17, 15) is 18.0 Å². The maximum absolute atomic E-state index is 13.0. The monoisotopic (exact) mass is 494 g/mol. The van der Waals surface area contributed by atoms with Crippen molar-refractivity contribution >= 4 is 29.3 Å². The number of carbonyl (C=O) groups excluding carboxylic acids is 1. The molecule has 0 aliphatic carbocycles. The average Bonchev–Trinajstić information content (AvgIpc) is 2.79. The summed E-state index contributed by atoms with van der Waals surface area (Å²) >= 11 is 6.06. The van der Waals surface area contributed by atoms with Crippen molar-refractivity contribution in [1.29, 1.82) is 0 Å². The first-order valence-electron chi connectivity index (χ1n) is 10.2. The average molecular weight is 495 g/mol. The summed E-state index contributed by atoms with van der Waals surface area (Å²) in [7, 11) is 1.75. The maximum atomic E-state index is 13.0. The highest BCUT2D eigenvalue weighted by Crippen LogP contribution is 2.32. The van der Waals surface area contributed by atoms with Crippen molar-refractivity contribution in [2.45, 2.75) is 6.18 Å². The number of alkyl halides is 3. The fourth-order valence-electron chi connectivity index (χ4n) is 3.00. The van der Waals surface area contributed by atoms with E-state index < -0.39 is 17.8 Å². The van der Waals surface area contributed by atoms with Crippen molar-refractivity contribution < 1.29 is 27.8 Å². The van der Waals surface area contributed by atoms with Gasteiger partial charge < -0.3 is 14.7 Å². The Bertz CT molecular complexity index is 1110. The number of ether oxygens (including phenoxy) is 1. The zero-order valence-corrected chi connectivity index (χ0v) is 18.9. The third-order valence-corrected chi connectivity index (χ3v) is 5.01. The van der Waals surface area contributed by atoms with E-state index in [0.29, 0.717) is 29.4 Å². The lowest BCUT2D eigenvalue weighted by atomic mass is 10.1. The van der Waals surface area contributed by atoms with Crippen LogP contribution < -0.4 is 4.90 Å². The number of amides is 1. The maximum Gasteiger partial charge on any atom is 0.421 e. The summed E-state index contributed by atoms with van der Waals surface area (Å²) < 4.78 is 44.4. The summed E-state index contributed by atoms with van der Waals surface area (Å²) in [6.45, 7) is 0.675. The van der Waals surface area contributed by atoms with Crippen LogP contribution >= 0.6 is 11.6 Å². The van der Waals surface area contributed by atoms with Gasteiger partial charge in [0.1, 0.15) is 6.61 Å². The highest BCUT2D eigenvalue weighted by Gasteiger charge is 2.31. The first kappa shape index (κ1) is 25.4. The summed E-state index contributed by atoms with van der Waals surface area (Å²) in [5.74, 6) is -0.0778. The smallest absolute Gasteiger partial charge is 0.421 e. The summed E-state index contributed by atoms with van der Waals surface area (Å²) in [6, 6.07) is 12.6. The van der Waals surface area contributed by atoms with Crippen LogP contribution in [-0.2, 0) is 10.9 Å². The van der Waals surface area contributed by atoms with Crippen LogP contribution in [-0.4, -0.2) is 59.4 Å². The van der Waals surface area contributed by atoms with Crippen LogP contribution in [0.25, 0.3) is 11.3 Å². The molecule has 1 amide bonds. The van der Waals surface area contributed by atoms with Crippen molar-refractivity contribution in [1.82, 2.24) is 14.9 Å². The Morgan fingerprint density at radius 1 is 1.12 bits per heavy atom. The predicted octanol–water partition coefficient (Wildman–Crippen LogP) is 5.01. The zero-order chi connectivity index (χ0) is 24.7. The Morgan fingerprint density at radius 3 is 2.50 bits per heavy atom. The molecule has 1 aromatic heterocycles. The minimum Gasteiger partial charge on any atom is -0.447 e. The molecular formula is C23H22ClF3N4O3. The molecule has 0 aliphatic rings. The Kier molecular flexibility index (Phi) is 8.43. The Hall–Kier alpha value is -3.21. The van der Waals surface area contributed by atoms with E-state index in [2.05, 4.69) is 9.97 Å². The van der Waals surface area contributed by atoms with Crippen molar-refractivity contribution in [3.05, 3.63) is 71.4 Å². The van der Waals surface area contributed by atoms with Crippen LogP contribution in [0.1, 0.15) is 5.56 Å². The normalized spacial score (nSPS) is 11.5. The molecule has 0 bridgehead atoms. The lowest BCUT2D eigenvalue weighted by Gasteiger charge is -2.22. The van der Waals surface area contributed by atoms with Crippen LogP contribution in [0.15, 0.2) is 60.8 Å². The van der Waals surface area contributed by atoms with Crippen molar-refractivity contribution in [3.63, 3.8) is 0 Å². The summed E-state index contributed by atoms with van der Waals surface area (Å²) in [5, 5.41) is 9.47. The quantitative estimate of drug-likeness (QED) is 0.474. The molecular weight excluding hydrogens is 473 g/mol. The molecule has 0 atom stereocenters. The highest BCUT2D eigenvalue weighted by atomic mass is 35.5. The molecule has 180 valence electrons. The third kappa shape index (κ3) is 6.66. The summed E-state index contributed by atoms with van der Waals surface area (Å²) in [5.41, 5.74) is 0.371. The molecule has 1 N–H and O–H groups in total. The molecule has 0 unspecified atom stereocenters. The van der Waals surface area contributed by atoms with Gasteiger partial charge in [0.25, 0.3) is 0 Å². The number of benzene rings is 2. The molecule has 0 saturated heterocycles. The topological polar surface area (TPSA) is 78.8 Å². The van der Waals surface area contributed by atoms with Gasteiger partial charge in [-0.2, -0.15) is 13.2 Å².